The predicted octanol–water partition coefficient (Wildman–Crippen LogP) is 2.76. The highest BCUT2D eigenvalue weighted by atomic mass is 19.4. The summed E-state index contributed by atoms with van der Waals surface area (Å²) in [6.07, 6.45) is -1.13. The molecule has 1 aromatic carbocycles. The number of anilines is 1. The number of nitrogens with zero attached hydrogens (tertiary/aromatic N) is 1. The number of aliphatic hydroxyl groups is 1. The standard InChI is InChI=1S/C16H21F3N2O3/c17-16(18,19)24-14-7-5-12(6-8-14)20-15(23)11-21-9-1-3-13(21)4-2-10-22/h5-8,13,22H,1-4,9-11H2,(H,20,23)/t13-/m1/s1. The van der Waals surface area contributed by atoms with Crippen LogP contribution in [0.3, 0.4) is 0 Å². The maximum absolute atomic E-state index is 12.1. The molecule has 1 aliphatic rings. The third-order valence-corrected chi connectivity index (χ3v) is 3.91. The van der Waals surface area contributed by atoms with E-state index in [0.717, 1.165) is 37.9 Å². The summed E-state index contributed by atoms with van der Waals surface area (Å²) in [4.78, 5) is 14.2. The molecule has 0 unspecified atom stereocenters. The van der Waals surface area contributed by atoms with E-state index in [9.17, 15) is 18.0 Å². The van der Waals surface area contributed by atoms with Gasteiger partial charge in [-0.2, -0.15) is 0 Å². The van der Waals surface area contributed by atoms with Crippen LogP contribution in [-0.2, 0) is 4.79 Å². The molecule has 24 heavy (non-hydrogen) atoms. The lowest BCUT2D eigenvalue weighted by Crippen LogP contribution is -2.36. The van der Waals surface area contributed by atoms with Crippen LogP contribution in [0.25, 0.3) is 0 Å². The van der Waals surface area contributed by atoms with Gasteiger partial charge < -0.3 is 15.2 Å². The number of hydrogen-bond acceptors (Lipinski definition) is 4. The molecular weight excluding hydrogens is 325 g/mol. The van der Waals surface area contributed by atoms with E-state index >= 15 is 0 Å². The lowest BCUT2D eigenvalue weighted by molar-refractivity contribution is -0.274. The lowest BCUT2D eigenvalue weighted by Gasteiger charge is -2.23. The van der Waals surface area contributed by atoms with E-state index < -0.39 is 6.36 Å². The quantitative estimate of drug-likeness (QED) is 0.797. The van der Waals surface area contributed by atoms with Gasteiger partial charge in [-0.3, -0.25) is 9.69 Å². The molecule has 1 amide bonds. The van der Waals surface area contributed by atoms with Crippen molar-refractivity contribution in [1.29, 1.82) is 0 Å². The van der Waals surface area contributed by atoms with E-state index in [1.165, 1.54) is 12.1 Å². The number of hydrogen-bond donors (Lipinski definition) is 2. The van der Waals surface area contributed by atoms with Crippen LogP contribution in [0.15, 0.2) is 24.3 Å². The summed E-state index contributed by atoms with van der Waals surface area (Å²) in [6.45, 7) is 1.21. The Bertz CT molecular complexity index is 534. The topological polar surface area (TPSA) is 61.8 Å². The number of nitrogens with one attached hydrogen (secondary N) is 1. The van der Waals surface area contributed by atoms with E-state index in [-0.39, 0.29) is 24.8 Å². The lowest BCUT2D eigenvalue weighted by atomic mass is 10.1. The summed E-state index contributed by atoms with van der Waals surface area (Å²) >= 11 is 0. The number of carbonyl (C=O) groups excluding carboxylic acids is 1. The van der Waals surface area contributed by atoms with Crippen molar-refractivity contribution in [1.82, 2.24) is 4.90 Å². The van der Waals surface area contributed by atoms with Gasteiger partial charge in [-0.1, -0.05) is 0 Å². The Kier molecular flexibility index (Phi) is 6.44. The molecule has 1 aromatic rings. The van der Waals surface area contributed by atoms with Crippen molar-refractivity contribution < 1.29 is 27.8 Å². The Balaban J connectivity index is 1.83. The number of halogens is 3. The highest BCUT2D eigenvalue weighted by molar-refractivity contribution is 5.92. The molecule has 1 fully saturated rings. The van der Waals surface area contributed by atoms with Crippen LogP contribution < -0.4 is 10.1 Å². The maximum atomic E-state index is 12.1. The first kappa shape index (κ1) is 18.5. The second kappa shape index (κ2) is 8.34. The molecule has 134 valence electrons. The molecule has 2 N–H and O–H groups in total. The molecule has 1 atom stereocenters. The van der Waals surface area contributed by atoms with E-state index in [2.05, 4.69) is 15.0 Å². The molecule has 1 saturated heterocycles. The summed E-state index contributed by atoms with van der Waals surface area (Å²) in [5, 5.41) is 11.6. The molecule has 0 bridgehead atoms. The van der Waals surface area contributed by atoms with E-state index in [0.29, 0.717) is 18.2 Å². The molecule has 0 aliphatic carbocycles. The number of aliphatic hydroxyl groups excluding tert-OH is 1. The monoisotopic (exact) mass is 346 g/mol. The van der Waals surface area contributed by atoms with Crippen LogP contribution in [0.5, 0.6) is 5.75 Å². The highest BCUT2D eigenvalue weighted by Gasteiger charge is 2.31. The fourth-order valence-corrected chi connectivity index (χ4v) is 2.88. The number of ether oxygens (including phenoxy) is 1. The number of rotatable bonds is 7. The molecule has 0 aromatic heterocycles. The number of alkyl halides is 3. The first-order valence-corrected chi connectivity index (χ1v) is 7.88. The van der Waals surface area contributed by atoms with Crippen molar-refractivity contribution in [3.8, 4) is 5.75 Å². The van der Waals surface area contributed by atoms with E-state index in [4.69, 9.17) is 5.11 Å². The summed E-state index contributed by atoms with van der Waals surface area (Å²) in [5.74, 6) is -0.542. The molecule has 0 saturated carbocycles. The van der Waals surface area contributed by atoms with Crippen LogP contribution >= 0.6 is 0 Å². The molecular formula is C16H21F3N2O3. The Hall–Kier alpha value is -1.80. The van der Waals surface area contributed by atoms with Crippen molar-refractivity contribution >= 4 is 11.6 Å². The third kappa shape index (κ3) is 6.01. The van der Waals surface area contributed by atoms with Crippen LogP contribution in [0.1, 0.15) is 25.7 Å². The van der Waals surface area contributed by atoms with Crippen molar-refractivity contribution in [2.24, 2.45) is 0 Å². The number of benzene rings is 1. The average molecular weight is 346 g/mol. The van der Waals surface area contributed by atoms with E-state index in [1.807, 2.05) is 0 Å². The minimum Gasteiger partial charge on any atom is -0.406 e. The molecule has 5 nitrogen and oxygen atoms in total. The first-order valence-electron chi connectivity index (χ1n) is 7.88. The second-order valence-corrected chi connectivity index (χ2v) is 5.75. The fourth-order valence-electron chi connectivity index (χ4n) is 2.88. The maximum Gasteiger partial charge on any atom is 0.573 e. The Labute approximate surface area is 138 Å². The summed E-state index contributed by atoms with van der Waals surface area (Å²) in [6, 6.07) is 5.34. The van der Waals surface area contributed by atoms with Crippen LogP contribution in [0.4, 0.5) is 18.9 Å². The average Bonchev–Trinajstić information content (AvgIpc) is 2.92. The van der Waals surface area contributed by atoms with Gasteiger partial charge in [-0.25, -0.2) is 0 Å². The second-order valence-electron chi connectivity index (χ2n) is 5.75. The summed E-state index contributed by atoms with van der Waals surface area (Å²) < 4.78 is 40.1. The molecule has 0 radical (unpaired) electrons. The van der Waals surface area contributed by atoms with Gasteiger partial charge >= 0.3 is 6.36 Å². The van der Waals surface area contributed by atoms with Gasteiger partial charge in [0.2, 0.25) is 5.91 Å². The Morgan fingerprint density at radius 3 is 2.67 bits per heavy atom. The third-order valence-electron chi connectivity index (χ3n) is 3.91. The predicted molar refractivity (Wildman–Crippen MR) is 82.7 cm³/mol. The highest BCUT2D eigenvalue weighted by Crippen LogP contribution is 2.24. The van der Waals surface area contributed by atoms with Crippen LogP contribution in [-0.4, -0.2) is 48.0 Å². The van der Waals surface area contributed by atoms with Crippen molar-refractivity contribution in [3.63, 3.8) is 0 Å². The zero-order valence-electron chi connectivity index (χ0n) is 13.2. The Morgan fingerprint density at radius 2 is 2.04 bits per heavy atom. The molecule has 2 rings (SSSR count). The van der Waals surface area contributed by atoms with E-state index in [1.54, 1.807) is 0 Å². The van der Waals surface area contributed by atoms with Crippen molar-refractivity contribution in [3.05, 3.63) is 24.3 Å². The normalized spacial score (nSPS) is 18.6. The number of carbonyl (C=O) groups is 1. The van der Waals surface area contributed by atoms with Crippen LogP contribution in [0.2, 0.25) is 0 Å². The van der Waals surface area contributed by atoms with Gasteiger partial charge in [0, 0.05) is 18.3 Å². The molecule has 0 spiro atoms. The molecule has 1 aliphatic heterocycles. The Morgan fingerprint density at radius 1 is 1.33 bits per heavy atom. The zero-order valence-corrected chi connectivity index (χ0v) is 13.2. The minimum absolute atomic E-state index is 0.142. The zero-order chi connectivity index (χ0) is 17.6. The smallest absolute Gasteiger partial charge is 0.406 e. The van der Waals surface area contributed by atoms with Crippen LogP contribution in [0, 0.1) is 0 Å². The largest absolute Gasteiger partial charge is 0.573 e. The van der Waals surface area contributed by atoms with Gasteiger partial charge in [0.25, 0.3) is 0 Å². The summed E-state index contributed by atoms with van der Waals surface area (Å²) in [5.41, 5.74) is 0.417. The number of amides is 1. The van der Waals surface area contributed by atoms with Gasteiger partial charge in [-0.15, -0.1) is 13.2 Å². The van der Waals surface area contributed by atoms with Gasteiger partial charge in [0.15, 0.2) is 0 Å². The first-order chi connectivity index (χ1) is 11.4. The minimum atomic E-state index is -4.73. The van der Waals surface area contributed by atoms with Gasteiger partial charge in [0.1, 0.15) is 5.75 Å². The number of likely N-dealkylation sites (tertiary alicyclic amines) is 1. The van der Waals surface area contributed by atoms with Crippen molar-refractivity contribution in [2.45, 2.75) is 38.1 Å². The fraction of sp³-hybridized carbons (Fsp3) is 0.562. The summed E-state index contributed by atoms with van der Waals surface area (Å²) in [7, 11) is 0. The van der Waals surface area contributed by atoms with Gasteiger partial charge in [-0.05, 0) is 56.5 Å². The SMILES string of the molecule is O=C(CN1CCC[C@@H]1CCCO)Nc1ccc(OC(F)(F)F)cc1. The van der Waals surface area contributed by atoms with Crippen molar-refractivity contribution in [2.75, 3.05) is 25.0 Å². The molecule has 1 heterocycles. The van der Waals surface area contributed by atoms with Gasteiger partial charge in [0.05, 0.1) is 6.54 Å². The molecule has 8 heteroatoms.